The van der Waals surface area contributed by atoms with E-state index in [1.54, 1.807) is 24.3 Å². The lowest BCUT2D eigenvalue weighted by atomic mass is 10.1. The Morgan fingerprint density at radius 2 is 1.75 bits per heavy atom. The van der Waals surface area contributed by atoms with E-state index >= 15 is 0 Å². The summed E-state index contributed by atoms with van der Waals surface area (Å²) in [7, 11) is 0. The second-order valence-corrected chi connectivity index (χ2v) is 5.70. The summed E-state index contributed by atoms with van der Waals surface area (Å²) in [4.78, 5) is 12.0. The molecule has 124 valence electrons. The van der Waals surface area contributed by atoms with Gasteiger partial charge in [-0.05, 0) is 30.2 Å². The number of rotatable bonds is 6. The van der Waals surface area contributed by atoms with Crippen LogP contribution in [0.1, 0.15) is 25.5 Å². The number of ether oxygens (including phenoxy) is 2. The molecular weight excluding hydrogens is 304 g/mol. The van der Waals surface area contributed by atoms with Gasteiger partial charge in [-0.3, -0.25) is 4.79 Å². The van der Waals surface area contributed by atoms with Gasteiger partial charge in [-0.2, -0.15) is 5.26 Å². The van der Waals surface area contributed by atoms with Gasteiger partial charge in [0.15, 0.2) is 0 Å². The molecule has 0 bridgehead atoms. The van der Waals surface area contributed by atoms with E-state index < -0.39 is 18.1 Å². The average molecular weight is 324 g/mol. The minimum absolute atomic E-state index is 0.0652. The summed E-state index contributed by atoms with van der Waals surface area (Å²) in [5.74, 6) is 0.584. The first kappa shape index (κ1) is 17.5. The van der Waals surface area contributed by atoms with Crippen LogP contribution in [0.25, 0.3) is 0 Å². The Balaban J connectivity index is 2.13. The molecule has 0 fully saturated rings. The first-order chi connectivity index (χ1) is 11.5. The van der Waals surface area contributed by atoms with Gasteiger partial charge in [0.2, 0.25) is 6.10 Å². The second-order valence-electron chi connectivity index (χ2n) is 5.70. The Morgan fingerprint density at radius 1 is 1.08 bits per heavy atom. The first-order valence-electron chi connectivity index (χ1n) is 7.70. The molecule has 2 aromatic carbocycles. The Labute approximate surface area is 141 Å². The number of esters is 1. The van der Waals surface area contributed by atoms with Gasteiger partial charge >= 0.3 is 5.97 Å². The molecule has 0 saturated heterocycles. The molecular formula is C19H20N2O3. The molecule has 0 aromatic heterocycles. The van der Waals surface area contributed by atoms with Crippen molar-refractivity contribution in [1.82, 2.24) is 0 Å². The summed E-state index contributed by atoms with van der Waals surface area (Å²) in [6.07, 6.45) is -1.03. The van der Waals surface area contributed by atoms with Crippen molar-refractivity contribution in [1.29, 1.82) is 5.26 Å². The number of nitrogens with two attached hydrogens (primary N) is 1. The van der Waals surface area contributed by atoms with Crippen molar-refractivity contribution in [2.45, 2.75) is 26.0 Å². The summed E-state index contributed by atoms with van der Waals surface area (Å²) in [6.45, 7) is 3.64. The fourth-order valence-electron chi connectivity index (χ4n) is 2.00. The summed E-state index contributed by atoms with van der Waals surface area (Å²) in [5, 5.41) is 9.32. The van der Waals surface area contributed by atoms with E-state index in [0.717, 1.165) is 0 Å². The Kier molecular flexibility index (Phi) is 5.94. The van der Waals surface area contributed by atoms with Gasteiger partial charge in [0, 0.05) is 5.56 Å². The zero-order chi connectivity index (χ0) is 17.5. The van der Waals surface area contributed by atoms with Crippen LogP contribution >= 0.6 is 0 Å². The zero-order valence-electron chi connectivity index (χ0n) is 13.7. The van der Waals surface area contributed by atoms with Crippen LogP contribution in [-0.2, 0) is 9.53 Å². The highest BCUT2D eigenvalue weighted by atomic mass is 16.5. The smallest absolute Gasteiger partial charge is 0.324 e. The lowest BCUT2D eigenvalue weighted by Gasteiger charge is -2.18. The molecule has 5 heteroatoms. The van der Waals surface area contributed by atoms with Crippen LogP contribution in [0.4, 0.5) is 0 Å². The molecule has 2 N–H and O–H groups in total. The molecule has 0 spiro atoms. The number of carbonyl (C=O) groups excluding carboxylic acids is 1. The Morgan fingerprint density at radius 3 is 2.38 bits per heavy atom. The van der Waals surface area contributed by atoms with E-state index in [-0.39, 0.29) is 5.92 Å². The van der Waals surface area contributed by atoms with Crippen LogP contribution in [0.3, 0.4) is 0 Å². The summed E-state index contributed by atoms with van der Waals surface area (Å²) in [6, 6.07) is 17.4. The molecule has 0 heterocycles. The Hall–Kier alpha value is -2.84. The van der Waals surface area contributed by atoms with E-state index in [1.807, 2.05) is 50.2 Å². The molecule has 0 amide bonds. The number of para-hydroxylation sites is 1. The third-order valence-corrected chi connectivity index (χ3v) is 3.48. The van der Waals surface area contributed by atoms with Gasteiger partial charge in [-0.25, -0.2) is 0 Å². The largest absolute Gasteiger partial charge is 0.457 e. The normalized spacial score (nSPS) is 13.0. The molecule has 2 rings (SSSR count). The predicted molar refractivity (Wildman–Crippen MR) is 90.2 cm³/mol. The van der Waals surface area contributed by atoms with E-state index in [9.17, 15) is 10.1 Å². The number of hydrogen-bond acceptors (Lipinski definition) is 5. The van der Waals surface area contributed by atoms with Gasteiger partial charge in [0.05, 0.1) is 0 Å². The highest BCUT2D eigenvalue weighted by Gasteiger charge is 2.24. The van der Waals surface area contributed by atoms with Crippen LogP contribution in [0.2, 0.25) is 0 Å². The maximum atomic E-state index is 12.0. The van der Waals surface area contributed by atoms with E-state index in [4.69, 9.17) is 15.2 Å². The average Bonchev–Trinajstić information content (AvgIpc) is 2.59. The number of carbonyl (C=O) groups is 1. The van der Waals surface area contributed by atoms with Crippen LogP contribution in [0, 0.1) is 17.2 Å². The molecule has 5 nitrogen and oxygen atoms in total. The van der Waals surface area contributed by atoms with E-state index in [0.29, 0.717) is 17.1 Å². The second kappa shape index (κ2) is 8.14. The number of nitrogens with zero attached hydrogens (tertiary/aromatic N) is 1. The van der Waals surface area contributed by atoms with Gasteiger partial charge in [0.1, 0.15) is 23.6 Å². The molecule has 1 unspecified atom stereocenters. The maximum Gasteiger partial charge on any atom is 0.324 e. The zero-order valence-corrected chi connectivity index (χ0v) is 13.7. The van der Waals surface area contributed by atoms with Crippen LogP contribution in [0.15, 0.2) is 54.6 Å². The summed E-state index contributed by atoms with van der Waals surface area (Å²) < 4.78 is 11.0. The fraction of sp³-hybridized carbons (Fsp3) is 0.263. The third-order valence-electron chi connectivity index (χ3n) is 3.48. The van der Waals surface area contributed by atoms with Gasteiger partial charge in [-0.1, -0.05) is 44.2 Å². The SMILES string of the molecule is CC(C)[C@H](N)C(=O)OC(C#N)c1cccc(Oc2ccccc2)c1. The molecule has 0 aliphatic rings. The lowest BCUT2D eigenvalue weighted by Crippen LogP contribution is -2.37. The van der Waals surface area contributed by atoms with Crippen molar-refractivity contribution < 1.29 is 14.3 Å². The fourth-order valence-corrected chi connectivity index (χ4v) is 2.00. The molecule has 0 radical (unpaired) electrons. The molecule has 2 atom stereocenters. The quantitative estimate of drug-likeness (QED) is 0.821. The van der Waals surface area contributed by atoms with Crippen molar-refractivity contribution in [2.24, 2.45) is 11.7 Å². The van der Waals surface area contributed by atoms with Crippen molar-refractivity contribution in [3.63, 3.8) is 0 Å². The summed E-state index contributed by atoms with van der Waals surface area (Å²) >= 11 is 0. The maximum absolute atomic E-state index is 12.0. The van der Waals surface area contributed by atoms with E-state index in [1.165, 1.54) is 0 Å². The van der Waals surface area contributed by atoms with Gasteiger partial charge < -0.3 is 15.2 Å². The lowest BCUT2D eigenvalue weighted by molar-refractivity contribution is -0.149. The minimum Gasteiger partial charge on any atom is -0.457 e. The van der Waals surface area contributed by atoms with E-state index in [2.05, 4.69) is 0 Å². The molecule has 2 aromatic rings. The minimum atomic E-state index is -1.03. The monoisotopic (exact) mass is 324 g/mol. The predicted octanol–water partition coefficient (Wildman–Crippen LogP) is 3.57. The van der Waals surface area contributed by atoms with Crippen LogP contribution in [-0.4, -0.2) is 12.0 Å². The molecule has 24 heavy (non-hydrogen) atoms. The highest BCUT2D eigenvalue weighted by Crippen LogP contribution is 2.26. The van der Waals surface area contributed by atoms with Gasteiger partial charge in [0.25, 0.3) is 0 Å². The summed E-state index contributed by atoms with van der Waals surface area (Å²) in [5.41, 5.74) is 6.30. The van der Waals surface area contributed by atoms with Gasteiger partial charge in [-0.15, -0.1) is 0 Å². The Bertz CT molecular complexity index is 723. The number of hydrogen-bond donors (Lipinski definition) is 1. The highest BCUT2D eigenvalue weighted by molar-refractivity contribution is 5.76. The third kappa shape index (κ3) is 4.58. The van der Waals surface area contributed by atoms with Crippen molar-refractivity contribution in [2.75, 3.05) is 0 Å². The van der Waals surface area contributed by atoms with Crippen LogP contribution in [0.5, 0.6) is 11.5 Å². The standard InChI is InChI=1S/C19H20N2O3/c1-13(2)18(21)19(22)24-17(12-20)14-7-6-10-16(11-14)23-15-8-4-3-5-9-15/h3-11,13,17-18H,21H2,1-2H3/t17?,18-/m0/s1. The van der Waals surface area contributed by atoms with Crippen molar-refractivity contribution >= 4 is 5.97 Å². The van der Waals surface area contributed by atoms with Crippen LogP contribution < -0.4 is 10.5 Å². The number of benzene rings is 2. The number of nitriles is 1. The van der Waals surface area contributed by atoms with Crippen molar-refractivity contribution in [3.05, 3.63) is 60.2 Å². The molecule has 0 aliphatic heterocycles. The van der Waals surface area contributed by atoms with Crippen molar-refractivity contribution in [3.8, 4) is 17.6 Å². The first-order valence-corrected chi connectivity index (χ1v) is 7.70. The topological polar surface area (TPSA) is 85.3 Å². The molecule has 0 saturated carbocycles. The molecule has 0 aliphatic carbocycles.